The topological polar surface area (TPSA) is 23.5 Å². The van der Waals surface area contributed by atoms with Gasteiger partial charge in [-0.15, -0.1) is 0 Å². The Morgan fingerprint density at radius 2 is 1.38 bits per heavy atom. The third-order valence-corrected chi connectivity index (χ3v) is 17.5. The van der Waals surface area contributed by atoms with Crippen LogP contribution in [0.3, 0.4) is 0 Å². The summed E-state index contributed by atoms with van der Waals surface area (Å²) in [7, 11) is -3.22. The summed E-state index contributed by atoms with van der Waals surface area (Å²) in [5, 5.41) is 14.1. The molecule has 1 N–H and O–H groups in total. The van der Waals surface area contributed by atoms with E-state index in [0.717, 1.165) is 5.56 Å². The first-order chi connectivity index (χ1) is 13.4. The van der Waals surface area contributed by atoms with Crippen LogP contribution in [0, 0.1) is 0 Å². The number of nitrogens with zero attached hydrogens (tertiary/aromatic N) is 1. The molecule has 2 aromatic carbocycles. The van der Waals surface area contributed by atoms with Crippen molar-refractivity contribution in [3.8, 4) is 0 Å². The maximum atomic E-state index is 11.1. The zero-order valence-corrected chi connectivity index (χ0v) is 22.2. The summed E-state index contributed by atoms with van der Waals surface area (Å²) in [4.78, 5) is 2.49. The van der Waals surface area contributed by atoms with Crippen LogP contribution in [-0.4, -0.2) is 35.8 Å². The van der Waals surface area contributed by atoms with E-state index in [4.69, 9.17) is 0 Å². The van der Waals surface area contributed by atoms with Crippen molar-refractivity contribution in [3.05, 3.63) is 60.2 Å². The summed E-state index contributed by atoms with van der Waals surface area (Å²) in [5.41, 5.74) is 2.87. The molecular formula is C24H31NOSeSi2. The second kappa shape index (κ2) is 6.83. The number of para-hydroxylation sites is 2. The molecule has 2 heterocycles. The summed E-state index contributed by atoms with van der Waals surface area (Å²) in [6.07, 6.45) is 0. The number of aliphatic hydroxyl groups is 1. The first kappa shape index (κ1) is 20.9. The number of benzene rings is 2. The van der Waals surface area contributed by atoms with Crippen LogP contribution >= 0.6 is 0 Å². The third-order valence-electron chi connectivity index (χ3n) is 5.95. The number of fused-ring (bicyclic) bond motifs is 2. The molecule has 0 radical (unpaired) electrons. The summed E-state index contributed by atoms with van der Waals surface area (Å²) in [6, 6.07) is 20.2. The van der Waals surface area contributed by atoms with Gasteiger partial charge in [-0.1, -0.05) is 0 Å². The zero-order valence-electron chi connectivity index (χ0n) is 18.5. The van der Waals surface area contributed by atoms with Crippen molar-refractivity contribution in [2.75, 3.05) is 4.90 Å². The Bertz CT molecular complexity index is 1020. The van der Waals surface area contributed by atoms with Crippen LogP contribution in [0.1, 0.15) is 19.4 Å². The molecule has 0 atom stereocenters. The number of anilines is 3. The van der Waals surface area contributed by atoms with Gasteiger partial charge in [-0.05, 0) is 0 Å². The van der Waals surface area contributed by atoms with Crippen molar-refractivity contribution in [2.24, 2.45) is 0 Å². The summed E-state index contributed by atoms with van der Waals surface area (Å²) < 4.78 is 2.89. The van der Waals surface area contributed by atoms with Crippen LogP contribution < -0.4 is 19.3 Å². The molecule has 2 nitrogen and oxygen atoms in total. The molecular weight excluding hydrogens is 453 g/mol. The van der Waals surface area contributed by atoms with Gasteiger partial charge in [0, 0.05) is 0 Å². The monoisotopic (exact) mass is 485 g/mol. The van der Waals surface area contributed by atoms with Crippen molar-refractivity contribution in [2.45, 2.75) is 52.2 Å². The van der Waals surface area contributed by atoms with Crippen LogP contribution in [0.25, 0.3) is 0 Å². The van der Waals surface area contributed by atoms with E-state index in [0.29, 0.717) is 0 Å². The number of rotatable bonds is 3. The first-order valence-corrected chi connectivity index (χ1v) is 18.5. The van der Waals surface area contributed by atoms with E-state index in [1.54, 1.807) is 4.06 Å². The van der Waals surface area contributed by atoms with Crippen LogP contribution in [0.4, 0.5) is 15.9 Å². The predicted octanol–water partition coefficient (Wildman–Crippen LogP) is 4.12. The minimum absolute atomic E-state index is 0.225. The SMILES string of the molecule is CC(C)(O)c1cc([Si](C)(C)C)[se]c1N1c2ccccc2[Si](C)(C)c2ccccc21. The molecule has 0 spiro atoms. The summed E-state index contributed by atoms with van der Waals surface area (Å²) in [6.45, 7) is 16.0. The molecule has 0 saturated carbocycles. The molecule has 0 saturated heterocycles. The van der Waals surface area contributed by atoms with Gasteiger partial charge in [-0.3, -0.25) is 0 Å². The van der Waals surface area contributed by atoms with E-state index in [1.165, 1.54) is 26.3 Å². The zero-order chi connectivity index (χ0) is 21.2. The Morgan fingerprint density at radius 1 is 0.897 bits per heavy atom. The van der Waals surface area contributed by atoms with Crippen molar-refractivity contribution in [3.63, 3.8) is 0 Å². The quantitative estimate of drug-likeness (QED) is 0.566. The normalized spacial score (nSPS) is 15.8. The minimum atomic E-state index is -1.77. The van der Waals surface area contributed by atoms with E-state index in [-0.39, 0.29) is 14.5 Å². The van der Waals surface area contributed by atoms with Gasteiger partial charge in [0.25, 0.3) is 0 Å². The molecule has 0 bridgehead atoms. The molecule has 0 fully saturated rings. The van der Waals surface area contributed by atoms with Crippen molar-refractivity contribution in [1.82, 2.24) is 0 Å². The Labute approximate surface area is 183 Å². The van der Waals surface area contributed by atoms with E-state index < -0.39 is 21.7 Å². The van der Waals surface area contributed by atoms with Gasteiger partial charge in [0.2, 0.25) is 0 Å². The van der Waals surface area contributed by atoms with Crippen molar-refractivity contribution < 1.29 is 5.11 Å². The van der Waals surface area contributed by atoms with Gasteiger partial charge in [0.1, 0.15) is 0 Å². The average Bonchev–Trinajstić information content (AvgIpc) is 3.08. The summed E-state index contributed by atoms with van der Waals surface area (Å²) >= 11 is 0.225. The number of hydrogen-bond acceptors (Lipinski definition) is 2. The van der Waals surface area contributed by atoms with Crippen LogP contribution in [-0.2, 0) is 5.60 Å². The van der Waals surface area contributed by atoms with Gasteiger partial charge in [0.05, 0.1) is 0 Å². The van der Waals surface area contributed by atoms with Crippen molar-refractivity contribution in [1.29, 1.82) is 0 Å². The standard InChI is InChI=1S/C24H31NOSeSi2/c1-24(2,26)17-16-22(28(3,4)5)27-23(17)25-18-12-8-10-14-20(18)29(6,7)21-15-11-9-13-19(21)25/h8-16,26H,1-7H3. The fourth-order valence-corrected chi connectivity index (χ4v) is 12.8. The van der Waals surface area contributed by atoms with E-state index >= 15 is 0 Å². The van der Waals surface area contributed by atoms with Crippen molar-refractivity contribution >= 4 is 61.0 Å². The Hall–Kier alpha value is -1.37. The second-order valence-corrected chi connectivity index (χ2v) is 22.5. The molecule has 4 rings (SSSR count). The van der Waals surface area contributed by atoms with Gasteiger partial charge in [-0.2, -0.15) is 0 Å². The first-order valence-electron chi connectivity index (χ1n) is 10.3. The fourth-order valence-electron chi connectivity index (χ4n) is 4.24. The molecule has 3 aromatic rings. The fraction of sp³-hybridized carbons (Fsp3) is 0.333. The molecule has 1 aliphatic rings. The predicted molar refractivity (Wildman–Crippen MR) is 133 cm³/mol. The molecule has 0 amide bonds. The van der Waals surface area contributed by atoms with E-state index in [2.05, 4.69) is 92.2 Å². The van der Waals surface area contributed by atoms with Gasteiger partial charge < -0.3 is 0 Å². The number of hydrogen-bond donors (Lipinski definition) is 1. The molecule has 29 heavy (non-hydrogen) atoms. The third kappa shape index (κ3) is 3.43. The average molecular weight is 485 g/mol. The molecule has 1 aliphatic heterocycles. The molecule has 1 aromatic heterocycles. The summed E-state index contributed by atoms with van der Waals surface area (Å²) in [5.74, 6) is 0. The van der Waals surface area contributed by atoms with Crippen LogP contribution in [0.5, 0.6) is 0 Å². The Balaban J connectivity index is 2.06. The molecule has 0 aliphatic carbocycles. The molecule has 152 valence electrons. The van der Waals surface area contributed by atoms with E-state index in [1.807, 2.05) is 13.8 Å². The van der Waals surface area contributed by atoms with Crippen LogP contribution in [0.2, 0.25) is 32.7 Å². The maximum absolute atomic E-state index is 11.1. The molecule has 5 heteroatoms. The molecule has 0 unspecified atom stereocenters. The van der Waals surface area contributed by atoms with Gasteiger partial charge >= 0.3 is 183 Å². The van der Waals surface area contributed by atoms with Crippen LogP contribution in [0.15, 0.2) is 54.6 Å². The van der Waals surface area contributed by atoms with Gasteiger partial charge in [-0.25, -0.2) is 0 Å². The Morgan fingerprint density at radius 3 is 1.83 bits per heavy atom. The van der Waals surface area contributed by atoms with Gasteiger partial charge in [0.15, 0.2) is 0 Å². The Kier molecular flexibility index (Phi) is 4.92. The second-order valence-electron chi connectivity index (χ2n) is 10.1. The van der Waals surface area contributed by atoms with E-state index in [9.17, 15) is 5.11 Å².